The Balaban J connectivity index is 1.53. The number of aromatic nitrogens is 2. The minimum absolute atomic E-state index is 0.165. The summed E-state index contributed by atoms with van der Waals surface area (Å²) in [5.41, 5.74) is 0.353. The van der Waals surface area contributed by atoms with E-state index >= 15 is 0 Å². The summed E-state index contributed by atoms with van der Waals surface area (Å²) in [6.07, 6.45) is 9.22. The Labute approximate surface area is 167 Å². The fourth-order valence-corrected chi connectivity index (χ4v) is 4.80. The SMILES string of the molecule is CN[C@@H]1C=CC[C@@H]2CN(c3cc4c(cn3)c(=O)c(OC(=O)O)cn4C3CC3)C[C@@H]21. The van der Waals surface area contributed by atoms with Gasteiger partial charge in [-0.25, -0.2) is 9.78 Å². The van der Waals surface area contributed by atoms with Crippen LogP contribution in [-0.4, -0.2) is 47.0 Å². The van der Waals surface area contributed by atoms with E-state index in [1.807, 2.05) is 17.7 Å². The smallest absolute Gasteiger partial charge is 0.449 e. The van der Waals surface area contributed by atoms with Gasteiger partial charge in [-0.2, -0.15) is 0 Å². The van der Waals surface area contributed by atoms with Gasteiger partial charge in [0.05, 0.1) is 17.1 Å². The van der Waals surface area contributed by atoms with E-state index in [1.54, 1.807) is 6.20 Å². The summed E-state index contributed by atoms with van der Waals surface area (Å²) in [6, 6.07) is 2.61. The van der Waals surface area contributed by atoms with Crippen molar-refractivity contribution in [3.63, 3.8) is 0 Å². The van der Waals surface area contributed by atoms with E-state index in [0.717, 1.165) is 43.7 Å². The minimum Gasteiger partial charge on any atom is -0.449 e. The Kier molecular flexibility index (Phi) is 4.31. The van der Waals surface area contributed by atoms with E-state index in [4.69, 9.17) is 9.84 Å². The van der Waals surface area contributed by atoms with Crippen molar-refractivity contribution in [2.75, 3.05) is 25.0 Å². The summed E-state index contributed by atoms with van der Waals surface area (Å²) in [6.45, 7) is 1.87. The lowest BCUT2D eigenvalue weighted by Crippen LogP contribution is -2.38. The van der Waals surface area contributed by atoms with Gasteiger partial charge in [0.15, 0.2) is 5.75 Å². The van der Waals surface area contributed by atoms with Gasteiger partial charge in [-0.15, -0.1) is 0 Å². The molecule has 0 amide bonds. The number of nitrogens with one attached hydrogen (secondary N) is 1. The van der Waals surface area contributed by atoms with Crippen LogP contribution in [0.2, 0.25) is 0 Å². The van der Waals surface area contributed by atoms with Crippen molar-refractivity contribution in [3.05, 3.63) is 40.8 Å². The van der Waals surface area contributed by atoms with Crippen LogP contribution in [0.4, 0.5) is 10.6 Å². The molecule has 3 atom stereocenters. The number of hydrogen-bond donors (Lipinski definition) is 2. The summed E-state index contributed by atoms with van der Waals surface area (Å²) in [7, 11) is 2.00. The lowest BCUT2D eigenvalue weighted by atomic mass is 9.82. The van der Waals surface area contributed by atoms with Crippen LogP contribution in [0.5, 0.6) is 5.75 Å². The minimum atomic E-state index is -1.49. The molecule has 1 saturated carbocycles. The molecular weight excluding hydrogens is 372 g/mol. The summed E-state index contributed by atoms with van der Waals surface area (Å²) >= 11 is 0. The average Bonchev–Trinajstić information content (AvgIpc) is 3.46. The molecule has 2 N–H and O–H groups in total. The molecule has 2 aliphatic carbocycles. The van der Waals surface area contributed by atoms with Gasteiger partial charge in [0.2, 0.25) is 5.43 Å². The molecule has 2 aromatic heterocycles. The predicted octanol–water partition coefficient (Wildman–Crippen LogP) is 2.39. The third kappa shape index (κ3) is 3.17. The van der Waals surface area contributed by atoms with Gasteiger partial charge in [0, 0.05) is 43.4 Å². The van der Waals surface area contributed by atoms with Crippen molar-refractivity contribution in [3.8, 4) is 5.75 Å². The second kappa shape index (κ2) is 6.88. The molecule has 0 bridgehead atoms. The first-order chi connectivity index (χ1) is 14.0. The molecule has 8 nitrogen and oxygen atoms in total. The number of carbonyl (C=O) groups is 1. The molecule has 3 heterocycles. The lowest BCUT2D eigenvalue weighted by molar-refractivity contribution is 0.143. The highest BCUT2D eigenvalue weighted by Crippen LogP contribution is 2.39. The third-order valence-electron chi connectivity index (χ3n) is 6.40. The van der Waals surface area contributed by atoms with Crippen molar-refractivity contribution in [2.24, 2.45) is 11.8 Å². The number of likely N-dealkylation sites (N-methyl/N-ethyl adjacent to an activating group) is 1. The van der Waals surface area contributed by atoms with Crippen LogP contribution in [0.3, 0.4) is 0 Å². The quantitative estimate of drug-likeness (QED) is 0.605. The molecule has 0 radical (unpaired) electrons. The van der Waals surface area contributed by atoms with E-state index < -0.39 is 11.6 Å². The van der Waals surface area contributed by atoms with Crippen LogP contribution >= 0.6 is 0 Å². The van der Waals surface area contributed by atoms with Gasteiger partial charge in [0.25, 0.3) is 0 Å². The van der Waals surface area contributed by atoms with Crippen molar-refractivity contribution in [2.45, 2.75) is 31.3 Å². The maximum atomic E-state index is 12.7. The average molecular weight is 396 g/mol. The van der Waals surface area contributed by atoms with Crippen LogP contribution < -0.4 is 20.4 Å². The van der Waals surface area contributed by atoms with Crippen molar-refractivity contribution >= 4 is 22.9 Å². The summed E-state index contributed by atoms with van der Waals surface area (Å²) in [5, 5.41) is 12.7. The van der Waals surface area contributed by atoms with E-state index in [2.05, 4.69) is 27.4 Å². The second-order valence-electron chi connectivity index (χ2n) is 8.20. The normalized spacial score (nSPS) is 26.0. The number of rotatable bonds is 4. The largest absolute Gasteiger partial charge is 0.511 e. The van der Waals surface area contributed by atoms with Crippen LogP contribution in [-0.2, 0) is 0 Å². The van der Waals surface area contributed by atoms with E-state index in [9.17, 15) is 9.59 Å². The van der Waals surface area contributed by atoms with Gasteiger partial charge in [0.1, 0.15) is 5.82 Å². The maximum absolute atomic E-state index is 12.7. The number of nitrogens with zero attached hydrogens (tertiary/aromatic N) is 3. The molecule has 3 aliphatic rings. The number of hydrogen-bond acceptors (Lipinski definition) is 6. The van der Waals surface area contributed by atoms with Crippen LogP contribution in [0, 0.1) is 11.8 Å². The Bertz CT molecular complexity index is 1060. The Morgan fingerprint density at radius 1 is 1.34 bits per heavy atom. The zero-order chi connectivity index (χ0) is 20.1. The molecule has 152 valence electrons. The maximum Gasteiger partial charge on any atom is 0.511 e. The highest BCUT2D eigenvalue weighted by atomic mass is 16.7. The predicted molar refractivity (Wildman–Crippen MR) is 109 cm³/mol. The highest BCUT2D eigenvalue weighted by Gasteiger charge is 2.38. The zero-order valence-electron chi connectivity index (χ0n) is 16.2. The van der Waals surface area contributed by atoms with Crippen molar-refractivity contribution in [1.82, 2.24) is 14.9 Å². The van der Waals surface area contributed by atoms with E-state index in [1.165, 1.54) is 6.20 Å². The molecule has 0 spiro atoms. The molecule has 8 heteroatoms. The Hall–Kier alpha value is -2.87. The first kappa shape index (κ1) is 18.2. The fraction of sp³-hybridized carbons (Fsp3) is 0.476. The molecule has 29 heavy (non-hydrogen) atoms. The van der Waals surface area contributed by atoms with Crippen molar-refractivity contribution < 1.29 is 14.6 Å². The number of pyridine rings is 2. The molecule has 0 aromatic carbocycles. The van der Waals surface area contributed by atoms with E-state index in [0.29, 0.717) is 23.3 Å². The monoisotopic (exact) mass is 396 g/mol. The lowest BCUT2D eigenvalue weighted by Gasteiger charge is -2.28. The van der Waals surface area contributed by atoms with Crippen molar-refractivity contribution in [1.29, 1.82) is 0 Å². The van der Waals surface area contributed by atoms with Gasteiger partial charge >= 0.3 is 6.16 Å². The Morgan fingerprint density at radius 3 is 2.90 bits per heavy atom. The molecule has 2 fully saturated rings. The molecule has 1 aliphatic heterocycles. The van der Waals surface area contributed by atoms with Gasteiger partial charge < -0.3 is 24.6 Å². The summed E-state index contributed by atoms with van der Waals surface area (Å²) in [4.78, 5) is 30.5. The summed E-state index contributed by atoms with van der Waals surface area (Å²) in [5.74, 6) is 1.83. The first-order valence-corrected chi connectivity index (χ1v) is 10.1. The number of ether oxygens (including phenoxy) is 1. The molecule has 1 saturated heterocycles. The van der Waals surface area contributed by atoms with Crippen LogP contribution in [0.25, 0.3) is 10.9 Å². The van der Waals surface area contributed by atoms with Crippen LogP contribution in [0.1, 0.15) is 25.3 Å². The molecular formula is C21H24N4O4. The highest BCUT2D eigenvalue weighted by molar-refractivity contribution is 5.83. The second-order valence-corrected chi connectivity index (χ2v) is 8.20. The fourth-order valence-electron chi connectivity index (χ4n) is 4.80. The Morgan fingerprint density at radius 2 is 2.17 bits per heavy atom. The number of anilines is 1. The van der Waals surface area contributed by atoms with E-state index in [-0.39, 0.29) is 11.8 Å². The third-order valence-corrected chi connectivity index (χ3v) is 6.40. The topological polar surface area (TPSA) is 96.7 Å². The summed E-state index contributed by atoms with van der Waals surface area (Å²) < 4.78 is 6.69. The number of allylic oxidation sites excluding steroid dienone is 1. The van der Waals surface area contributed by atoms with Gasteiger partial charge in [-0.05, 0) is 32.2 Å². The molecule has 0 unspecified atom stereocenters. The number of fused-ring (bicyclic) bond motifs is 2. The standard InChI is InChI=1S/C21H24N4O4/c1-22-16-4-2-3-12-9-24(10-15(12)16)19-7-17-14(8-23-19)20(26)18(29-21(27)28)11-25(17)13-5-6-13/h2,4,7-8,11-13,15-16,22H,3,5-6,9-10H2,1H3,(H,27,28)/t12-,15+,16-/m1/s1. The van der Waals surface area contributed by atoms with Crippen LogP contribution in [0.15, 0.2) is 35.4 Å². The zero-order valence-corrected chi connectivity index (χ0v) is 16.2. The molecule has 5 rings (SSSR count). The van der Waals surface area contributed by atoms with Gasteiger partial charge in [-0.3, -0.25) is 4.79 Å². The first-order valence-electron chi connectivity index (χ1n) is 10.1. The number of carboxylic acid groups (broad SMARTS) is 1. The molecule has 2 aromatic rings. The van der Waals surface area contributed by atoms with Gasteiger partial charge in [-0.1, -0.05) is 12.2 Å².